The third-order valence-corrected chi connectivity index (χ3v) is 6.56. The highest BCUT2D eigenvalue weighted by molar-refractivity contribution is 5.94. The minimum absolute atomic E-state index is 0.0307. The Labute approximate surface area is 255 Å². The molecule has 14 heteroatoms. The number of phenols is 1. The predicted molar refractivity (Wildman–Crippen MR) is 160 cm³/mol. The Morgan fingerprint density at radius 2 is 1.23 bits per heavy atom. The van der Waals surface area contributed by atoms with E-state index in [9.17, 15) is 33.9 Å². The van der Waals surface area contributed by atoms with Crippen molar-refractivity contribution in [1.82, 2.24) is 26.6 Å². The van der Waals surface area contributed by atoms with Gasteiger partial charge in [-0.1, -0.05) is 56.3 Å². The highest BCUT2D eigenvalue weighted by atomic mass is 16.4. The maximum Gasteiger partial charge on any atom is 0.325 e. The molecular formula is C30H40N6O8. The highest BCUT2D eigenvalue weighted by Crippen LogP contribution is 2.12. The lowest BCUT2D eigenvalue weighted by Crippen LogP contribution is -2.55. The van der Waals surface area contributed by atoms with Crippen LogP contribution < -0.4 is 32.3 Å². The number of rotatable bonds is 16. The number of aliphatic carboxylic acids is 1. The summed E-state index contributed by atoms with van der Waals surface area (Å²) in [5, 5.41) is 30.8. The molecule has 14 nitrogen and oxygen atoms in total. The minimum Gasteiger partial charge on any atom is -0.508 e. The van der Waals surface area contributed by atoms with E-state index in [-0.39, 0.29) is 24.5 Å². The average molecular weight is 613 g/mol. The molecule has 2 rings (SSSR count). The van der Waals surface area contributed by atoms with Gasteiger partial charge in [0.1, 0.15) is 23.9 Å². The van der Waals surface area contributed by atoms with Gasteiger partial charge in [0, 0.05) is 12.8 Å². The monoisotopic (exact) mass is 612 g/mol. The van der Waals surface area contributed by atoms with Crippen LogP contribution in [-0.4, -0.2) is 83.0 Å². The highest BCUT2D eigenvalue weighted by Gasteiger charge is 2.27. The number of amides is 5. The van der Waals surface area contributed by atoms with E-state index >= 15 is 0 Å². The van der Waals surface area contributed by atoms with Crippen LogP contribution in [0.2, 0.25) is 0 Å². The number of aromatic hydroxyl groups is 1. The number of nitrogens with two attached hydrogens (primary N) is 1. The maximum atomic E-state index is 13.0. The molecule has 0 spiro atoms. The number of carbonyl (C=O) groups is 6. The van der Waals surface area contributed by atoms with E-state index in [2.05, 4.69) is 26.6 Å². The van der Waals surface area contributed by atoms with Crippen LogP contribution in [0.15, 0.2) is 54.6 Å². The summed E-state index contributed by atoms with van der Waals surface area (Å²) >= 11 is 0. The third-order valence-electron chi connectivity index (χ3n) is 6.56. The molecular weight excluding hydrogens is 572 g/mol. The Kier molecular flexibility index (Phi) is 13.8. The molecule has 0 saturated carbocycles. The van der Waals surface area contributed by atoms with Gasteiger partial charge in [-0.15, -0.1) is 0 Å². The fourth-order valence-electron chi connectivity index (χ4n) is 3.86. The van der Waals surface area contributed by atoms with Crippen molar-refractivity contribution in [3.8, 4) is 5.75 Å². The van der Waals surface area contributed by atoms with Gasteiger partial charge in [-0.3, -0.25) is 28.8 Å². The largest absolute Gasteiger partial charge is 0.508 e. The molecule has 44 heavy (non-hydrogen) atoms. The van der Waals surface area contributed by atoms with Crippen molar-refractivity contribution < 1.29 is 39.0 Å². The molecule has 0 aromatic heterocycles. The summed E-state index contributed by atoms with van der Waals surface area (Å²) in [5.74, 6) is -4.78. The lowest BCUT2D eigenvalue weighted by atomic mass is 10.0. The smallest absolute Gasteiger partial charge is 0.325 e. The summed E-state index contributed by atoms with van der Waals surface area (Å²) < 4.78 is 0. The quantitative estimate of drug-likeness (QED) is 0.115. The molecule has 2 aromatic carbocycles. The molecule has 4 atom stereocenters. The Morgan fingerprint density at radius 1 is 0.682 bits per heavy atom. The van der Waals surface area contributed by atoms with E-state index in [1.807, 2.05) is 0 Å². The predicted octanol–water partition coefficient (Wildman–Crippen LogP) is -1.05. The lowest BCUT2D eigenvalue weighted by molar-refractivity contribution is -0.141. The van der Waals surface area contributed by atoms with Crippen molar-refractivity contribution in [3.63, 3.8) is 0 Å². The fraction of sp³-hybridized carbons (Fsp3) is 0.400. The van der Waals surface area contributed by atoms with Gasteiger partial charge in [0.25, 0.3) is 0 Å². The molecule has 0 aliphatic rings. The Balaban J connectivity index is 1.97. The van der Waals surface area contributed by atoms with Crippen molar-refractivity contribution >= 4 is 35.5 Å². The summed E-state index contributed by atoms with van der Waals surface area (Å²) in [4.78, 5) is 74.4. The molecule has 0 fully saturated rings. The van der Waals surface area contributed by atoms with Gasteiger partial charge in [-0.25, -0.2) is 0 Å². The van der Waals surface area contributed by atoms with Crippen LogP contribution in [0.1, 0.15) is 31.9 Å². The van der Waals surface area contributed by atoms with Gasteiger partial charge >= 0.3 is 5.97 Å². The second-order valence-corrected chi connectivity index (χ2v) is 10.6. The number of hydrogen-bond acceptors (Lipinski definition) is 8. The molecule has 0 saturated heterocycles. The summed E-state index contributed by atoms with van der Waals surface area (Å²) in [7, 11) is 0. The van der Waals surface area contributed by atoms with Gasteiger partial charge in [-0.2, -0.15) is 0 Å². The van der Waals surface area contributed by atoms with Gasteiger partial charge in [0.15, 0.2) is 0 Å². The second kappa shape index (κ2) is 17.2. The minimum atomic E-state index is -1.25. The van der Waals surface area contributed by atoms with E-state index in [4.69, 9.17) is 10.8 Å². The number of benzene rings is 2. The van der Waals surface area contributed by atoms with Gasteiger partial charge < -0.3 is 42.5 Å². The van der Waals surface area contributed by atoms with Crippen LogP contribution in [-0.2, 0) is 41.6 Å². The Morgan fingerprint density at radius 3 is 1.80 bits per heavy atom. The molecule has 0 aliphatic carbocycles. The number of carbonyl (C=O) groups excluding carboxylic acids is 5. The first-order chi connectivity index (χ1) is 20.8. The van der Waals surface area contributed by atoms with E-state index in [1.165, 1.54) is 19.1 Å². The zero-order valence-electron chi connectivity index (χ0n) is 24.8. The zero-order valence-corrected chi connectivity index (χ0v) is 24.8. The third kappa shape index (κ3) is 12.1. The van der Waals surface area contributed by atoms with Crippen molar-refractivity contribution in [3.05, 3.63) is 65.7 Å². The van der Waals surface area contributed by atoms with E-state index in [1.54, 1.807) is 56.3 Å². The van der Waals surface area contributed by atoms with Gasteiger partial charge in [0.2, 0.25) is 29.5 Å². The first-order valence-electron chi connectivity index (χ1n) is 14.0. The molecule has 5 amide bonds. The first-order valence-corrected chi connectivity index (χ1v) is 14.0. The van der Waals surface area contributed by atoms with Crippen LogP contribution in [0.25, 0.3) is 0 Å². The molecule has 0 radical (unpaired) electrons. The van der Waals surface area contributed by atoms with Crippen LogP contribution in [0.4, 0.5) is 0 Å². The van der Waals surface area contributed by atoms with Crippen molar-refractivity contribution in [2.24, 2.45) is 11.7 Å². The molecule has 2 aromatic rings. The second-order valence-electron chi connectivity index (χ2n) is 10.6. The average Bonchev–Trinajstić information content (AvgIpc) is 2.99. The van der Waals surface area contributed by atoms with Crippen LogP contribution in [0.3, 0.4) is 0 Å². The summed E-state index contributed by atoms with van der Waals surface area (Å²) in [6.45, 7) is 3.75. The van der Waals surface area contributed by atoms with Crippen LogP contribution >= 0.6 is 0 Å². The SMILES string of the molecule is CC(C)[C@H](N)C(=O)N[C@@H](Cc1ccc(O)cc1)C(=O)NCC(=O)NCC(=O)N[C@@H](Cc1ccccc1)C(=O)N[C@@H](C)C(=O)O. The van der Waals surface area contributed by atoms with Gasteiger partial charge in [-0.05, 0) is 36.1 Å². The van der Waals surface area contributed by atoms with E-state index in [0.717, 1.165) is 0 Å². The topological polar surface area (TPSA) is 229 Å². The first kappa shape index (κ1) is 35.2. The number of hydrogen-bond donors (Lipinski definition) is 8. The van der Waals surface area contributed by atoms with Crippen molar-refractivity contribution in [1.29, 1.82) is 0 Å². The van der Waals surface area contributed by atoms with Crippen molar-refractivity contribution in [2.45, 2.75) is 57.8 Å². The Bertz CT molecular complexity index is 1300. The molecule has 0 heterocycles. The van der Waals surface area contributed by atoms with E-state index in [0.29, 0.717) is 11.1 Å². The normalized spacial score (nSPS) is 13.5. The summed E-state index contributed by atoms with van der Waals surface area (Å²) in [5.41, 5.74) is 7.26. The summed E-state index contributed by atoms with van der Waals surface area (Å²) in [6, 6.07) is 10.5. The lowest BCUT2D eigenvalue weighted by Gasteiger charge is -2.22. The zero-order chi connectivity index (χ0) is 32.8. The van der Waals surface area contributed by atoms with E-state index < -0.39 is 72.8 Å². The number of carboxylic acids is 1. The molecule has 0 aliphatic heterocycles. The summed E-state index contributed by atoms with van der Waals surface area (Å²) in [6.07, 6.45) is 0.126. The fourth-order valence-corrected chi connectivity index (χ4v) is 3.86. The molecule has 238 valence electrons. The molecule has 0 unspecified atom stereocenters. The van der Waals surface area contributed by atoms with Crippen LogP contribution in [0.5, 0.6) is 5.75 Å². The maximum absolute atomic E-state index is 13.0. The molecule has 9 N–H and O–H groups in total. The van der Waals surface area contributed by atoms with Crippen LogP contribution in [0, 0.1) is 5.92 Å². The van der Waals surface area contributed by atoms with Gasteiger partial charge in [0.05, 0.1) is 19.1 Å². The molecule has 0 bridgehead atoms. The number of nitrogens with one attached hydrogen (secondary N) is 5. The standard InChI is InChI=1S/C30H40N6O8/c1-17(2)26(31)29(42)36-22(14-20-9-11-21(37)12-10-20)27(40)33-15-24(38)32-16-25(39)35-23(13-19-7-5-4-6-8-19)28(41)34-18(3)30(43)44/h4-12,17-18,22-23,26,37H,13-16,31H2,1-3H3,(H,32,38)(H,33,40)(H,34,41)(H,35,39)(H,36,42)(H,43,44)/t18-,22-,23-,26-/m0/s1. The number of phenolic OH excluding ortho intramolecular Hbond substituents is 1. The van der Waals surface area contributed by atoms with Crippen molar-refractivity contribution in [2.75, 3.05) is 13.1 Å². The Hall–Kier alpha value is -4.98. The number of carboxylic acid groups (broad SMARTS) is 1.